The van der Waals surface area contributed by atoms with Gasteiger partial charge in [-0.3, -0.25) is 15.0 Å². The summed E-state index contributed by atoms with van der Waals surface area (Å²) >= 11 is 12.1. The van der Waals surface area contributed by atoms with E-state index in [9.17, 15) is 4.79 Å². The number of anilines is 1. The van der Waals surface area contributed by atoms with Crippen molar-refractivity contribution in [2.24, 2.45) is 0 Å². The minimum Gasteiger partial charge on any atom is -0.338 e. The summed E-state index contributed by atoms with van der Waals surface area (Å²) in [6, 6.07) is 6.97. The van der Waals surface area contributed by atoms with Crippen LogP contribution in [0.4, 0.5) is 5.88 Å². The van der Waals surface area contributed by atoms with Crippen molar-refractivity contribution in [3.63, 3.8) is 0 Å². The molecule has 0 saturated carbocycles. The van der Waals surface area contributed by atoms with Gasteiger partial charge in [0.05, 0.1) is 12.2 Å². The minimum absolute atomic E-state index is 0.0352. The van der Waals surface area contributed by atoms with Gasteiger partial charge in [0.1, 0.15) is 0 Å². The van der Waals surface area contributed by atoms with Crippen LogP contribution in [-0.2, 0) is 4.79 Å². The molecule has 0 aliphatic rings. The average Bonchev–Trinajstić information content (AvgIpc) is 2.83. The number of hydrogen-bond donors (Lipinski definition) is 1. The Morgan fingerprint density at radius 2 is 2.14 bits per heavy atom. The maximum atomic E-state index is 12.0. The summed E-state index contributed by atoms with van der Waals surface area (Å²) in [5, 5.41) is 7.54. The monoisotopic (exact) mass is 341 g/mol. The highest BCUT2D eigenvalue weighted by molar-refractivity contribution is 6.35. The van der Waals surface area contributed by atoms with Crippen LogP contribution in [0.5, 0.6) is 0 Å². The van der Waals surface area contributed by atoms with Gasteiger partial charge in [-0.1, -0.05) is 34.4 Å². The van der Waals surface area contributed by atoms with E-state index in [1.165, 1.54) is 0 Å². The quantitative estimate of drug-likeness (QED) is 0.895. The van der Waals surface area contributed by atoms with Gasteiger partial charge in [-0.2, -0.15) is 0 Å². The first-order valence-electron chi connectivity index (χ1n) is 6.75. The maximum absolute atomic E-state index is 12.0. The first-order valence-corrected chi connectivity index (χ1v) is 7.50. The predicted molar refractivity (Wildman–Crippen MR) is 87.4 cm³/mol. The summed E-state index contributed by atoms with van der Waals surface area (Å²) in [5.74, 6) is 0.156. The second-order valence-corrected chi connectivity index (χ2v) is 5.98. The van der Waals surface area contributed by atoms with Crippen LogP contribution in [0.15, 0.2) is 28.8 Å². The summed E-state index contributed by atoms with van der Waals surface area (Å²) < 4.78 is 4.96. The van der Waals surface area contributed by atoms with Crippen LogP contribution in [0.3, 0.4) is 0 Å². The molecule has 0 aliphatic heterocycles. The molecule has 1 amide bonds. The smallest absolute Gasteiger partial charge is 0.240 e. The van der Waals surface area contributed by atoms with Crippen molar-refractivity contribution in [1.29, 1.82) is 0 Å². The number of halogens is 2. The molecule has 1 aromatic heterocycles. The fraction of sp³-hybridized carbons (Fsp3) is 0.333. The second-order valence-electron chi connectivity index (χ2n) is 5.14. The van der Waals surface area contributed by atoms with E-state index in [-0.39, 0.29) is 18.5 Å². The lowest BCUT2D eigenvalue weighted by Crippen LogP contribution is -2.32. The van der Waals surface area contributed by atoms with Crippen LogP contribution in [0, 0.1) is 6.92 Å². The van der Waals surface area contributed by atoms with E-state index >= 15 is 0 Å². The zero-order chi connectivity index (χ0) is 16.3. The van der Waals surface area contributed by atoms with Gasteiger partial charge in [0.2, 0.25) is 11.8 Å². The Hall–Kier alpha value is -1.56. The maximum Gasteiger partial charge on any atom is 0.240 e. The Bertz CT molecular complexity index is 673. The number of hydrogen-bond acceptors (Lipinski definition) is 4. The van der Waals surface area contributed by atoms with Gasteiger partial charge in [0.15, 0.2) is 0 Å². The van der Waals surface area contributed by atoms with Crippen molar-refractivity contribution in [2.75, 3.05) is 18.9 Å². The van der Waals surface area contributed by atoms with E-state index in [0.717, 1.165) is 5.56 Å². The van der Waals surface area contributed by atoms with E-state index in [4.69, 9.17) is 27.7 Å². The van der Waals surface area contributed by atoms with Gasteiger partial charge in [-0.15, -0.1) is 0 Å². The zero-order valence-electron chi connectivity index (χ0n) is 12.6. The molecular weight excluding hydrogens is 325 g/mol. The van der Waals surface area contributed by atoms with E-state index in [1.54, 1.807) is 25.1 Å². The van der Waals surface area contributed by atoms with Crippen LogP contribution in [0.1, 0.15) is 24.2 Å². The number of nitrogens with zero attached hydrogens (tertiary/aromatic N) is 2. The SMILES string of the molecule is Cc1cc(NC(=O)CN(C)C(C)c2ccc(Cl)cc2Cl)on1. The third-order valence-electron chi connectivity index (χ3n) is 3.36. The predicted octanol–water partition coefficient (Wildman–Crippen LogP) is 3.92. The molecule has 5 nitrogen and oxygen atoms in total. The van der Waals surface area contributed by atoms with Gasteiger partial charge in [-0.25, -0.2) is 0 Å². The number of aryl methyl sites for hydroxylation is 1. The molecule has 2 aromatic rings. The lowest BCUT2D eigenvalue weighted by Gasteiger charge is -2.25. The van der Waals surface area contributed by atoms with E-state index in [1.807, 2.05) is 24.9 Å². The number of carbonyl (C=O) groups is 1. The highest BCUT2D eigenvalue weighted by atomic mass is 35.5. The molecule has 2 rings (SSSR count). The molecule has 0 spiro atoms. The fourth-order valence-electron chi connectivity index (χ4n) is 2.04. The van der Waals surface area contributed by atoms with Gasteiger partial charge < -0.3 is 4.52 Å². The molecule has 0 bridgehead atoms. The van der Waals surface area contributed by atoms with Crippen molar-refractivity contribution in [3.8, 4) is 0 Å². The Morgan fingerprint density at radius 1 is 1.41 bits per heavy atom. The minimum atomic E-state index is -0.185. The fourth-order valence-corrected chi connectivity index (χ4v) is 2.61. The van der Waals surface area contributed by atoms with Crippen LogP contribution in [0.25, 0.3) is 0 Å². The molecule has 0 radical (unpaired) electrons. The summed E-state index contributed by atoms with van der Waals surface area (Å²) in [6.07, 6.45) is 0. The molecule has 0 aliphatic carbocycles. The number of benzene rings is 1. The molecule has 0 saturated heterocycles. The third-order valence-corrected chi connectivity index (χ3v) is 3.92. The highest BCUT2D eigenvalue weighted by Crippen LogP contribution is 2.28. The standard InChI is InChI=1S/C15H17Cl2N3O2/c1-9-6-15(22-19-9)18-14(21)8-20(3)10(2)12-5-4-11(16)7-13(12)17/h4-7,10H,8H2,1-3H3,(H,18,21). The first kappa shape index (κ1) is 16.8. The molecule has 1 N–H and O–H groups in total. The Morgan fingerprint density at radius 3 is 2.73 bits per heavy atom. The number of rotatable bonds is 5. The largest absolute Gasteiger partial charge is 0.338 e. The lowest BCUT2D eigenvalue weighted by molar-refractivity contribution is -0.117. The number of nitrogens with one attached hydrogen (secondary N) is 1. The summed E-state index contributed by atoms with van der Waals surface area (Å²) in [5.41, 5.74) is 1.63. The van der Waals surface area contributed by atoms with Crippen LogP contribution >= 0.6 is 23.2 Å². The first-order chi connectivity index (χ1) is 10.4. The number of carbonyl (C=O) groups excluding carboxylic acids is 1. The number of aromatic nitrogens is 1. The number of amides is 1. The number of likely N-dealkylation sites (N-methyl/N-ethyl adjacent to an activating group) is 1. The summed E-state index contributed by atoms with van der Waals surface area (Å²) in [4.78, 5) is 13.9. The average molecular weight is 342 g/mol. The van der Waals surface area contributed by atoms with Crippen molar-refractivity contribution in [3.05, 3.63) is 45.6 Å². The molecule has 118 valence electrons. The molecular formula is C15H17Cl2N3O2. The summed E-state index contributed by atoms with van der Waals surface area (Å²) in [6.45, 7) is 3.96. The van der Waals surface area contributed by atoms with Crippen LogP contribution in [0.2, 0.25) is 10.0 Å². The van der Waals surface area contributed by atoms with Crippen molar-refractivity contribution in [1.82, 2.24) is 10.1 Å². The molecule has 22 heavy (non-hydrogen) atoms. The van der Waals surface area contributed by atoms with Gasteiger partial charge in [0, 0.05) is 22.2 Å². The van der Waals surface area contributed by atoms with E-state index in [0.29, 0.717) is 21.6 Å². The van der Waals surface area contributed by atoms with Gasteiger partial charge in [-0.05, 0) is 38.6 Å². The molecule has 1 heterocycles. The van der Waals surface area contributed by atoms with E-state index < -0.39 is 0 Å². The Kier molecular flexibility index (Phi) is 5.45. The Labute approximate surface area is 139 Å². The highest BCUT2D eigenvalue weighted by Gasteiger charge is 2.18. The van der Waals surface area contributed by atoms with Crippen molar-refractivity contribution in [2.45, 2.75) is 19.9 Å². The zero-order valence-corrected chi connectivity index (χ0v) is 14.1. The molecule has 1 aromatic carbocycles. The molecule has 7 heteroatoms. The molecule has 0 fully saturated rings. The van der Waals surface area contributed by atoms with Gasteiger partial charge in [0.25, 0.3) is 0 Å². The lowest BCUT2D eigenvalue weighted by atomic mass is 10.1. The van der Waals surface area contributed by atoms with Crippen LogP contribution in [-0.4, -0.2) is 29.6 Å². The van der Waals surface area contributed by atoms with Crippen LogP contribution < -0.4 is 5.32 Å². The third kappa shape index (κ3) is 4.22. The second kappa shape index (κ2) is 7.13. The summed E-state index contributed by atoms with van der Waals surface area (Å²) in [7, 11) is 1.85. The van der Waals surface area contributed by atoms with Crippen molar-refractivity contribution >= 4 is 35.0 Å². The molecule has 1 atom stereocenters. The topological polar surface area (TPSA) is 58.4 Å². The van der Waals surface area contributed by atoms with Gasteiger partial charge >= 0.3 is 0 Å². The van der Waals surface area contributed by atoms with Crippen molar-refractivity contribution < 1.29 is 9.32 Å². The molecule has 1 unspecified atom stereocenters. The normalized spacial score (nSPS) is 12.5. The Balaban J connectivity index is 1.98. The van der Waals surface area contributed by atoms with E-state index in [2.05, 4.69) is 10.5 Å².